The van der Waals surface area contributed by atoms with Crippen LogP contribution in [0.3, 0.4) is 0 Å². The molecule has 0 saturated carbocycles. The number of imidazole rings is 1. The third kappa shape index (κ3) is 2.66. The number of aromatic nitrogens is 2. The lowest BCUT2D eigenvalue weighted by atomic mass is 9.99. The summed E-state index contributed by atoms with van der Waals surface area (Å²) in [5, 5.41) is 0. The molecule has 1 atom stereocenters. The maximum atomic E-state index is 5.40. The SMILES string of the molecule is COCC1CN(Cc2ccc(C)s2)Cc2ncn(C)c21. The summed E-state index contributed by atoms with van der Waals surface area (Å²) in [6.45, 7) is 5.90. The molecule has 0 saturated heterocycles. The van der Waals surface area contributed by atoms with E-state index >= 15 is 0 Å². The van der Waals surface area contributed by atoms with Gasteiger partial charge < -0.3 is 9.30 Å². The number of hydrogen-bond acceptors (Lipinski definition) is 4. The maximum absolute atomic E-state index is 5.40. The van der Waals surface area contributed by atoms with Gasteiger partial charge in [0.2, 0.25) is 0 Å². The van der Waals surface area contributed by atoms with Gasteiger partial charge in [-0.05, 0) is 19.1 Å². The van der Waals surface area contributed by atoms with E-state index in [2.05, 4.69) is 40.6 Å². The van der Waals surface area contributed by atoms with Crippen molar-refractivity contribution in [3.8, 4) is 0 Å². The first-order chi connectivity index (χ1) is 9.67. The molecule has 0 aliphatic carbocycles. The zero-order valence-electron chi connectivity index (χ0n) is 12.3. The van der Waals surface area contributed by atoms with Crippen LogP contribution in [0.2, 0.25) is 0 Å². The number of thiophene rings is 1. The van der Waals surface area contributed by atoms with Crippen molar-refractivity contribution >= 4 is 11.3 Å². The molecule has 0 radical (unpaired) electrons. The van der Waals surface area contributed by atoms with Crippen molar-refractivity contribution in [2.75, 3.05) is 20.3 Å². The van der Waals surface area contributed by atoms with E-state index in [4.69, 9.17) is 4.74 Å². The second-order valence-electron chi connectivity index (χ2n) is 5.52. The van der Waals surface area contributed by atoms with Gasteiger partial charge in [0.05, 0.1) is 18.6 Å². The Morgan fingerprint density at radius 3 is 3.00 bits per heavy atom. The quantitative estimate of drug-likeness (QED) is 0.867. The number of nitrogens with zero attached hydrogens (tertiary/aromatic N) is 3. The molecule has 0 amide bonds. The normalized spacial score (nSPS) is 19.2. The first-order valence-corrected chi connectivity index (χ1v) is 7.75. The number of fused-ring (bicyclic) bond motifs is 1. The molecule has 1 aliphatic rings. The molecule has 2 aromatic rings. The number of rotatable bonds is 4. The van der Waals surface area contributed by atoms with Crippen molar-refractivity contribution in [2.45, 2.75) is 25.9 Å². The second-order valence-corrected chi connectivity index (χ2v) is 6.89. The van der Waals surface area contributed by atoms with E-state index in [9.17, 15) is 0 Å². The van der Waals surface area contributed by atoms with E-state index in [1.807, 2.05) is 17.7 Å². The highest BCUT2D eigenvalue weighted by atomic mass is 32.1. The standard InChI is InChI=1S/C15H21N3OS/c1-11-4-5-13(20-11)7-18-6-12(9-19-3)15-14(8-18)16-10-17(15)2/h4-5,10,12H,6-9H2,1-3H3. The predicted molar refractivity (Wildman–Crippen MR) is 81.0 cm³/mol. The van der Waals surface area contributed by atoms with Crippen LogP contribution in [0.5, 0.6) is 0 Å². The van der Waals surface area contributed by atoms with Gasteiger partial charge in [0, 0.05) is 55.2 Å². The zero-order valence-corrected chi connectivity index (χ0v) is 13.1. The summed E-state index contributed by atoms with van der Waals surface area (Å²) in [4.78, 5) is 9.84. The molecule has 0 fully saturated rings. The van der Waals surface area contributed by atoms with Crippen molar-refractivity contribution in [1.82, 2.24) is 14.5 Å². The van der Waals surface area contributed by atoms with Gasteiger partial charge in [-0.2, -0.15) is 0 Å². The fraction of sp³-hybridized carbons (Fsp3) is 0.533. The van der Waals surface area contributed by atoms with Crippen LogP contribution in [-0.4, -0.2) is 34.7 Å². The summed E-state index contributed by atoms with van der Waals surface area (Å²) in [6.07, 6.45) is 1.92. The smallest absolute Gasteiger partial charge is 0.0949 e. The summed E-state index contributed by atoms with van der Waals surface area (Å²) in [5.74, 6) is 0.414. The fourth-order valence-corrected chi connectivity index (χ4v) is 3.98. The monoisotopic (exact) mass is 291 g/mol. The van der Waals surface area contributed by atoms with E-state index in [-0.39, 0.29) is 0 Å². The molecular formula is C15H21N3OS. The predicted octanol–water partition coefficient (Wildman–Crippen LogP) is 2.54. The molecule has 4 nitrogen and oxygen atoms in total. The Labute approximate surface area is 124 Å². The Kier molecular flexibility index (Phi) is 3.92. The van der Waals surface area contributed by atoms with Gasteiger partial charge in [-0.25, -0.2) is 4.98 Å². The topological polar surface area (TPSA) is 30.3 Å². The molecule has 108 valence electrons. The summed E-state index contributed by atoms with van der Waals surface area (Å²) in [7, 11) is 3.85. The minimum Gasteiger partial charge on any atom is -0.384 e. The molecule has 0 N–H and O–H groups in total. The Balaban J connectivity index is 1.79. The van der Waals surface area contributed by atoms with Crippen LogP contribution in [0.25, 0.3) is 0 Å². The molecule has 0 aromatic carbocycles. The van der Waals surface area contributed by atoms with Gasteiger partial charge in [0.1, 0.15) is 0 Å². The van der Waals surface area contributed by atoms with Crippen LogP contribution >= 0.6 is 11.3 Å². The molecule has 0 bridgehead atoms. The van der Waals surface area contributed by atoms with Crippen LogP contribution in [0.15, 0.2) is 18.5 Å². The molecule has 5 heteroatoms. The second kappa shape index (κ2) is 5.68. The van der Waals surface area contributed by atoms with Crippen molar-refractivity contribution in [1.29, 1.82) is 0 Å². The molecule has 3 heterocycles. The van der Waals surface area contributed by atoms with Crippen molar-refractivity contribution in [3.63, 3.8) is 0 Å². The van der Waals surface area contributed by atoms with E-state index < -0.39 is 0 Å². The van der Waals surface area contributed by atoms with Crippen molar-refractivity contribution < 1.29 is 4.74 Å². The van der Waals surface area contributed by atoms with Crippen LogP contribution in [0.1, 0.15) is 27.1 Å². The van der Waals surface area contributed by atoms with Gasteiger partial charge in [-0.15, -0.1) is 11.3 Å². The number of methoxy groups -OCH3 is 1. The van der Waals surface area contributed by atoms with E-state index in [1.54, 1.807) is 7.11 Å². The Morgan fingerprint density at radius 2 is 2.30 bits per heavy atom. The highest BCUT2D eigenvalue weighted by Crippen LogP contribution is 2.29. The van der Waals surface area contributed by atoms with Crippen molar-refractivity contribution in [3.05, 3.63) is 39.6 Å². The summed E-state index contributed by atoms with van der Waals surface area (Å²) in [6, 6.07) is 4.43. The average Bonchev–Trinajstić information content (AvgIpc) is 2.97. The van der Waals surface area contributed by atoms with Gasteiger partial charge in [0.25, 0.3) is 0 Å². The Bertz CT molecular complexity index is 590. The van der Waals surface area contributed by atoms with Crippen LogP contribution in [0, 0.1) is 6.92 Å². The zero-order chi connectivity index (χ0) is 14.1. The first-order valence-electron chi connectivity index (χ1n) is 6.94. The van der Waals surface area contributed by atoms with Gasteiger partial charge in [0.15, 0.2) is 0 Å². The minimum atomic E-state index is 0.414. The molecule has 3 rings (SSSR count). The Hall–Kier alpha value is -1.17. The minimum absolute atomic E-state index is 0.414. The molecule has 2 aromatic heterocycles. The fourth-order valence-electron chi connectivity index (χ4n) is 3.05. The first kappa shape index (κ1) is 13.8. The molecule has 1 unspecified atom stereocenters. The Morgan fingerprint density at radius 1 is 1.45 bits per heavy atom. The molecule has 20 heavy (non-hydrogen) atoms. The number of ether oxygens (including phenoxy) is 1. The lowest BCUT2D eigenvalue weighted by Gasteiger charge is -2.32. The third-order valence-corrected chi connectivity index (χ3v) is 4.83. The lowest BCUT2D eigenvalue weighted by Crippen LogP contribution is -2.35. The summed E-state index contributed by atoms with van der Waals surface area (Å²) < 4.78 is 7.54. The highest BCUT2D eigenvalue weighted by molar-refractivity contribution is 7.11. The summed E-state index contributed by atoms with van der Waals surface area (Å²) in [5.41, 5.74) is 2.54. The van der Waals surface area contributed by atoms with Gasteiger partial charge >= 0.3 is 0 Å². The maximum Gasteiger partial charge on any atom is 0.0949 e. The molecule has 1 aliphatic heterocycles. The average molecular weight is 291 g/mol. The lowest BCUT2D eigenvalue weighted by molar-refractivity contribution is 0.132. The molecular weight excluding hydrogens is 270 g/mol. The highest BCUT2D eigenvalue weighted by Gasteiger charge is 2.29. The van der Waals surface area contributed by atoms with E-state index in [1.165, 1.54) is 21.1 Å². The number of aryl methyl sites for hydroxylation is 2. The molecule has 0 spiro atoms. The largest absolute Gasteiger partial charge is 0.384 e. The number of hydrogen-bond donors (Lipinski definition) is 0. The van der Waals surface area contributed by atoms with Crippen LogP contribution in [0.4, 0.5) is 0 Å². The van der Waals surface area contributed by atoms with Gasteiger partial charge in [-0.1, -0.05) is 0 Å². The third-order valence-electron chi connectivity index (χ3n) is 3.84. The van der Waals surface area contributed by atoms with E-state index in [0.29, 0.717) is 5.92 Å². The van der Waals surface area contributed by atoms with Crippen molar-refractivity contribution in [2.24, 2.45) is 7.05 Å². The van der Waals surface area contributed by atoms with Crippen LogP contribution < -0.4 is 0 Å². The van der Waals surface area contributed by atoms with E-state index in [0.717, 1.165) is 26.2 Å². The van der Waals surface area contributed by atoms with Gasteiger partial charge in [-0.3, -0.25) is 4.90 Å². The summed E-state index contributed by atoms with van der Waals surface area (Å²) >= 11 is 1.88. The van der Waals surface area contributed by atoms with Crippen LogP contribution in [-0.2, 0) is 24.9 Å².